The van der Waals surface area contributed by atoms with Crippen LogP contribution in [0.15, 0.2) is 67.0 Å². The van der Waals surface area contributed by atoms with E-state index < -0.39 is 0 Å². The topological polar surface area (TPSA) is 64.0 Å². The third-order valence-corrected chi connectivity index (χ3v) is 3.42. The number of anilines is 1. The van der Waals surface area contributed by atoms with Crippen molar-refractivity contribution in [3.8, 4) is 5.69 Å². The van der Waals surface area contributed by atoms with Crippen LogP contribution in [0.25, 0.3) is 5.69 Å². The van der Waals surface area contributed by atoms with Gasteiger partial charge in [0.15, 0.2) is 5.78 Å². The molecule has 0 bridgehead atoms. The second-order valence-corrected chi connectivity index (χ2v) is 5.07. The fourth-order valence-electron chi connectivity index (χ4n) is 2.26. The van der Waals surface area contributed by atoms with Crippen molar-refractivity contribution in [1.82, 2.24) is 9.78 Å². The van der Waals surface area contributed by atoms with Crippen molar-refractivity contribution in [1.29, 1.82) is 0 Å². The number of nitrogens with zero attached hydrogens (tertiary/aromatic N) is 2. The maximum atomic E-state index is 12.4. The lowest BCUT2D eigenvalue weighted by atomic mass is 10.1. The summed E-state index contributed by atoms with van der Waals surface area (Å²) in [4.78, 5) is 24.0. The van der Waals surface area contributed by atoms with Gasteiger partial charge in [-0.25, -0.2) is 4.68 Å². The Kier molecular flexibility index (Phi) is 4.01. The highest BCUT2D eigenvalue weighted by atomic mass is 16.2. The summed E-state index contributed by atoms with van der Waals surface area (Å²) in [5.74, 6) is -0.401. The normalized spacial score (nSPS) is 10.3. The number of nitrogens with one attached hydrogen (secondary N) is 1. The van der Waals surface area contributed by atoms with Gasteiger partial charge in [0.05, 0.1) is 23.1 Å². The molecule has 3 rings (SSSR count). The number of benzene rings is 2. The Morgan fingerprint density at radius 1 is 1.00 bits per heavy atom. The van der Waals surface area contributed by atoms with Gasteiger partial charge in [-0.1, -0.05) is 30.3 Å². The minimum atomic E-state index is -0.305. The molecule has 0 spiro atoms. The summed E-state index contributed by atoms with van der Waals surface area (Å²) < 4.78 is 1.63. The van der Waals surface area contributed by atoms with E-state index >= 15 is 0 Å². The van der Waals surface area contributed by atoms with Crippen LogP contribution in [-0.4, -0.2) is 21.5 Å². The van der Waals surface area contributed by atoms with Crippen molar-refractivity contribution in [2.24, 2.45) is 0 Å². The highest BCUT2D eigenvalue weighted by Gasteiger charge is 2.13. The van der Waals surface area contributed by atoms with Gasteiger partial charge in [0, 0.05) is 11.8 Å². The zero-order valence-electron chi connectivity index (χ0n) is 12.6. The van der Waals surface area contributed by atoms with Gasteiger partial charge in [-0.05, 0) is 31.2 Å². The minimum Gasteiger partial charge on any atom is -0.321 e. The SMILES string of the molecule is CC(=O)c1ccccc1NC(=O)c1cnn(-c2ccccc2)c1. The lowest BCUT2D eigenvalue weighted by Crippen LogP contribution is -2.13. The minimum absolute atomic E-state index is 0.0964. The van der Waals surface area contributed by atoms with Crippen LogP contribution >= 0.6 is 0 Å². The Labute approximate surface area is 133 Å². The third-order valence-electron chi connectivity index (χ3n) is 3.42. The standard InChI is InChI=1S/C18H15N3O2/c1-13(22)16-9-5-6-10-17(16)20-18(23)14-11-19-21(12-14)15-7-3-2-4-8-15/h2-12H,1H3,(H,20,23). The van der Waals surface area contributed by atoms with E-state index in [1.807, 2.05) is 30.3 Å². The van der Waals surface area contributed by atoms with Crippen LogP contribution in [0.1, 0.15) is 27.6 Å². The Hall–Kier alpha value is -3.21. The van der Waals surface area contributed by atoms with E-state index in [1.165, 1.54) is 13.1 Å². The average Bonchev–Trinajstić information content (AvgIpc) is 3.06. The highest BCUT2D eigenvalue weighted by molar-refractivity contribution is 6.08. The Bertz CT molecular complexity index is 853. The molecule has 3 aromatic rings. The number of ketones is 1. The second-order valence-electron chi connectivity index (χ2n) is 5.07. The van der Waals surface area contributed by atoms with E-state index in [1.54, 1.807) is 35.1 Å². The first-order valence-electron chi connectivity index (χ1n) is 7.16. The van der Waals surface area contributed by atoms with Gasteiger partial charge in [0.25, 0.3) is 5.91 Å². The first kappa shape index (κ1) is 14.7. The largest absolute Gasteiger partial charge is 0.321 e. The van der Waals surface area contributed by atoms with Crippen LogP contribution < -0.4 is 5.32 Å². The quantitative estimate of drug-likeness (QED) is 0.752. The van der Waals surface area contributed by atoms with Gasteiger partial charge in [-0.3, -0.25) is 9.59 Å². The number of rotatable bonds is 4. The average molecular weight is 305 g/mol. The Morgan fingerprint density at radius 3 is 2.43 bits per heavy atom. The van der Waals surface area contributed by atoms with Gasteiger partial charge < -0.3 is 5.32 Å². The van der Waals surface area contributed by atoms with Gasteiger partial charge >= 0.3 is 0 Å². The molecule has 0 unspecified atom stereocenters. The summed E-state index contributed by atoms with van der Waals surface area (Å²) in [6.07, 6.45) is 3.15. The Morgan fingerprint density at radius 2 is 1.70 bits per heavy atom. The summed E-state index contributed by atoms with van der Waals surface area (Å²) >= 11 is 0. The fraction of sp³-hybridized carbons (Fsp3) is 0.0556. The number of Topliss-reactive ketones (excluding diaryl/α,β-unsaturated/α-hetero) is 1. The molecule has 0 aliphatic rings. The van der Waals surface area contributed by atoms with E-state index in [-0.39, 0.29) is 11.7 Å². The van der Waals surface area contributed by atoms with E-state index in [4.69, 9.17) is 0 Å². The molecule has 23 heavy (non-hydrogen) atoms. The van der Waals surface area contributed by atoms with E-state index in [9.17, 15) is 9.59 Å². The van der Waals surface area contributed by atoms with Crippen molar-refractivity contribution >= 4 is 17.4 Å². The van der Waals surface area contributed by atoms with Gasteiger partial charge in [-0.2, -0.15) is 5.10 Å². The summed E-state index contributed by atoms with van der Waals surface area (Å²) in [6, 6.07) is 16.5. The summed E-state index contributed by atoms with van der Waals surface area (Å²) in [7, 11) is 0. The number of hydrogen-bond donors (Lipinski definition) is 1. The molecule has 2 aromatic carbocycles. The number of carbonyl (C=O) groups excluding carboxylic acids is 2. The molecule has 5 heteroatoms. The van der Waals surface area contributed by atoms with Crippen LogP contribution in [-0.2, 0) is 0 Å². The van der Waals surface area contributed by atoms with Crippen LogP contribution in [0.3, 0.4) is 0 Å². The molecule has 0 saturated carbocycles. The number of para-hydroxylation sites is 2. The summed E-state index contributed by atoms with van der Waals surface area (Å²) in [5, 5.41) is 6.96. The smallest absolute Gasteiger partial charge is 0.258 e. The van der Waals surface area contributed by atoms with Crippen LogP contribution in [0, 0.1) is 0 Å². The zero-order valence-corrected chi connectivity index (χ0v) is 12.6. The second kappa shape index (κ2) is 6.27. The zero-order chi connectivity index (χ0) is 16.2. The van der Waals surface area contributed by atoms with Gasteiger partial charge in [0.2, 0.25) is 0 Å². The molecule has 5 nitrogen and oxygen atoms in total. The Balaban J connectivity index is 1.83. The first-order valence-corrected chi connectivity index (χ1v) is 7.16. The first-order chi connectivity index (χ1) is 11.1. The van der Waals surface area contributed by atoms with Crippen LogP contribution in [0.5, 0.6) is 0 Å². The van der Waals surface area contributed by atoms with Crippen molar-refractivity contribution in [3.05, 3.63) is 78.1 Å². The van der Waals surface area contributed by atoms with Crippen molar-refractivity contribution in [3.63, 3.8) is 0 Å². The molecule has 0 radical (unpaired) electrons. The van der Waals surface area contributed by atoms with Crippen molar-refractivity contribution in [2.45, 2.75) is 6.92 Å². The molecule has 114 valence electrons. The highest BCUT2D eigenvalue weighted by Crippen LogP contribution is 2.17. The van der Waals surface area contributed by atoms with E-state index in [0.29, 0.717) is 16.8 Å². The van der Waals surface area contributed by atoms with Crippen molar-refractivity contribution < 1.29 is 9.59 Å². The summed E-state index contributed by atoms with van der Waals surface area (Å²) in [5.41, 5.74) is 2.27. The van der Waals surface area contributed by atoms with Crippen LogP contribution in [0.4, 0.5) is 5.69 Å². The molecule has 0 fully saturated rings. The lowest BCUT2D eigenvalue weighted by molar-refractivity contribution is 0.101. The van der Waals surface area contributed by atoms with Crippen LogP contribution in [0.2, 0.25) is 0 Å². The molecule has 1 amide bonds. The maximum absolute atomic E-state index is 12.4. The number of carbonyl (C=O) groups is 2. The molecule has 0 saturated heterocycles. The van der Waals surface area contributed by atoms with Crippen molar-refractivity contribution in [2.75, 3.05) is 5.32 Å². The van der Waals surface area contributed by atoms with Gasteiger partial charge in [-0.15, -0.1) is 0 Å². The maximum Gasteiger partial charge on any atom is 0.258 e. The third kappa shape index (κ3) is 3.18. The molecular weight excluding hydrogens is 290 g/mol. The predicted molar refractivity (Wildman–Crippen MR) is 88.0 cm³/mol. The molecule has 1 aromatic heterocycles. The number of amides is 1. The summed E-state index contributed by atoms with van der Waals surface area (Å²) in [6.45, 7) is 1.47. The molecule has 0 atom stereocenters. The fourth-order valence-corrected chi connectivity index (χ4v) is 2.26. The van der Waals surface area contributed by atoms with Gasteiger partial charge in [0.1, 0.15) is 0 Å². The predicted octanol–water partition coefficient (Wildman–Crippen LogP) is 3.33. The molecule has 0 aliphatic carbocycles. The van der Waals surface area contributed by atoms with E-state index in [2.05, 4.69) is 10.4 Å². The molecule has 0 aliphatic heterocycles. The number of aromatic nitrogens is 2. The molecule has 1 heterocycles. The molecule has 1 N–H and O–H groups in total. The molecular formula is C18H15N3O2. The van der Waals surface area contributed by atoms with E-state index in [0.717, 1.165) is 5.69 Å². The monoisotopic (exact) mass is 305 g/mol. The number of hydrogen-bond acceptors (Lipinski definition) is 3. The lowest BCUT2D eigenvalue weighted by Gasteiger charge is -2.07.